The molecule has 0 saturated heterocycles. The minimum Gasteiger partial charge on any atom is -0.457 e. The van der Waals surface area contributed by atoms with E-state index in [1.54, 1.807) is 0 Å². The number of hydrogen-bond donors (Lipinski definition) is 0. The Labute approximate surface area is 321 Å². The lowest BCUT2D eigenvalue weighted by Gasteiger charge is -2.63. The number of para-hydroxylation sites is 1. The maximum Gasteiger partial charge on any atom is 0.133 e. The van der Waals surface area contributed by atoms with Crippen molar-refractivity contribution in [1.29, 1.82) is 0 Å². The van der Waals surface area contributed by atoms with E-state index >= 15 is 0 Å². The summed E-state index contributed by atoms with van der Waals surface area (Å²) in [6.45, 7) is 9.77. The number of hydrogen-bond acceptors (Lipinski definition) is 2. The summed E-state index contributed by atoms with van der Waals surface area (Å²) >= 11 is 0. The first-order valence-corrected chi connectivity index (χ1v) is 20.6. The van der Waals surface area contributed by atoms with Crippen LogP contribution in [0.4, 0.5) is 17.1 Å². The molecule has 5 aliphatic carbocycles. The fraction of sp³-hybridized carbons (Fsp3) is 0.346. The Morgan fingerprint density at radius 2 is 1.17 bits per heavy atom. The van der Waals surface area contributed by atoms with Crippen LogP contribution in [0.25, 0.3) is 21.9 Å². The van der Waals surface area contributed by atoms with Gasteiger partial charge in [-0.15, -0.1) is 0 Å². The van der Waals surface area contributed by atoms with Gasteiger partial charge in [-0.3, -0.25) is 0 Å². The van der Waals surface area contributed by atoms with E-state index in [1.165, 1.54) is 94.1 Å². The van der Waals surface area contributed by atoms with Gasteiger partial charge in [0.1, 0.15) is 11.5 Å². The van der Waals surface area contributed by atoms with Gasteiger partial charge in [-0.2, -0.15) is 0 Å². The summed E-state index contributed by atoms with van der Waals surface area (Å²) in [4.78, 5) is 2.54. The molecular weight excluding hydrogens is 655 g/mol. The second-order valence-electron chi connectivity index (χ2n) is 18.8. The Kier molecular flexibility index (Phi) is 7.00. The van der Waals surface area contributed by atoms with E-state index < -0.39 is 0 Å². The molecule has 4 bridgehead atoms. The molecule has 12 rings (SSSR count). The van der Waals surface area contributed by atoms with Gasteiger partial charge in [0.15, 0.2) is 0 Å². The van der Waals surface area contributed by atoms with Gasteiger partial charge in [-0.25, -0.2) is 0 Å². The van der Waals surface area contributed by atoms with Crippen LogP contribution in [0.1, 0.15) is 94.9 Å². The largest absolute Gasteiger partial charge is 0.457 e. The van der Waals surface area contributed by atoms with Gasteiger partial charge < -0.3 is 9.64 Å². The van der Waals surface area contributed by atoms with E-state index in [0.29, 0.717) is 11.8 Å². The Morgan fingerprint density at radius 3 is 1.96 bits per heavy atom. The van der Waals surface area contributed by atoms with Gasteiger partial charge in [0.05, 0.1) is 5.69 Å². The quantitative estimate of drug-likeness (QED) is 0.181. The molecule has 0 N–H and O–H groups in total. The summed E-state index contributed by atoms with van der Waals surface area (Å²) in [5.41, 5.74) is 12.1. The number of fused-ring (bicyclic) bond motifs is 4. The van der Waals surface area contributed by atoms with E-state index in [9.17, 15) is 0 Å². The minimum atomic E-state index is 0.0384. The fourth-order valence-corrected chi connectivity index (χ4v) is 12.6. The van der Waals surface area contributed by atoms with Crippen LogP contribution in [0.3, 0.4) is 0 Å². The van der Waals surface area contributed by atoms with Crippen LogP contribution in [0, 0.1) is 23.7 Å². The molecule has 6 aromatic carbocycles. The lowest BCUT2D eigenvalue weighted by molar-refractivity contribution is -0.0452. The van der Waals surface area contributed by atoms with Crippen LogP contribution in [-0.4, -0.2) is 0 Å². The van der Waals surface area contributed by atoms with Crippen LogP contribution in [-0.2, 0) is 16.2 Å². The van der Waals surface area contributed by atoms with E-state index in [0.717, 1.165) is 35.4 Å². The van der Waals surface area contributed by atoms with Crippen molar-refractivity contribution in [1.82, 2.24) is 0 Å². The number of nitrogens with zero attached hydrogens (tertiary/aromatic N) is 1. The molecule has 2 heteroatoms. The first kappa shape index (κ1) is 32.6. The van der Waals surface area contributed by atoms with Crippen molar-refractivity contribution >= 4 is 27.8 Å². The molecule has 2 nitrogen and oxygen atoms in total. The predicted molar refractivity (Wildman–Crippen MR) is 224 cm³/mol. The molecule has 4 fully saturated rings. The smallest absolute Gasteiger partial charge is 0.133 e. The van der Waals surface area contributed by atoms with Gasteiger partial charge in [0.2, 0.25) is 0 Å². The summed E-state index contributed by atoms with van der Waals surface area (Å²) in [6, 6.07) is 48.1. The van der Waals surface area contributed by atoms with Gasteiger partial charge >= 0.3 is 0 Å². The normalized spacial score (nSPS) is 26.5. The van der Waals surface area contributed by atoms with Crippen molar-refractivity contribution in [3.05, 3.63) is 150 Å². The van der Waals surface area contributed by atoms with Gasteiger partial charge in [0, 0.05) is 34.0 Å². The Balaban J connectivity index is 1.10. The molecule has 54 heavy (non-hydrogen) atoms. The van der Waals surface area contributed by atoms with E-state index in [-0.39, 0.29) is 16.2 Å². The number of anilines is 3. The Morgan fingerprint density at radius 1 is 0.537 bits per heavy atom. The molecule has 1 aliphatic heterocycles. The molecule has 270 valence electrons. The molecule has 0 amide bonds. The van der Waals surface area contributed by atoms with Crippen molar-refractivity contribution in [2.24, 2.45) is 23.7 Å². The van der Waals surface area contributed by atoms with Crippen molar-refractivity contribution in [2.45, 2.75) is 88.9 Å². The molecule has 0 atom stereocenters. The van der Waals surface area contributed by atoms with Crippen LogP contribution >= 0.6 is 0 Å². The van der Waals surface area contributed by atoms with Gasteiger partial charge in [-0.1, -0.05) is 119 Å². The zero-order valence-corrected chi connectivity index (χ0v) is 32.2. The van der Waals surface area contributed by atoms with E-state index in [4.69, 9.17) is 4.74 Å². The van der Waals surface area contributed by atoms with Crippen LogP contribution in [0.2, 0.25) is 0 Å². The molecule has 1 heterocycles. The summed E-state index contributed by atoms with van der Waals surface area (Å²) < 4.78 is 7.05. The van der Waals surface area contributed by atoms with Gasteiger partial charge in [-0.05, 0) is 143 Å². The number of ether oxygens (including phenoxy) is 1. The molecular formula is C52H51NO. The van der Waals surface area contributed by atoms with E-state index in [2.05, 4.69) is 160 Å². The third kappa shape index (κ3) is 4.64. The highest BCUT2D eigenvalue weighted by molar-refractivity contribution is 5.97. The highest BCUT2D eigenvalue weighted by atomic mass is 16.5. The molecule has 0 radical (unpaired) electrons. The Hall–Kier alpha value is -4.82. The topological polar surface area (TPSA) is 12.5 Å². The van der Waals surface area contributed by atoms with Crippen molar-refractivity contribution < 1.29 is 4.74 Å². The SMILES string of the molecule is CC1(C)CCC(C)(C)c2c(N(c3ccc(-c4cccc5ccccc45)cc3)c3ccc4c(c3)Oc3ccccc3C43C4CC5CC(C4)CC3C5)cccc21. The summed E-state index contributed by atoms with van der Waals surface area (Å²) in [5.74, 6) is 5.30. The highest BCUT2D eigenvalue weighted by Crippen LogP contribution is 2.69. The number of rotatable bonds is 4. The zero-order chi connectivity index (χ0) is 36.4. The molecule has 0 unspecified atom stereocenters. The fourth-order valence-electron chi connectivity index (χ4n) is 12.6. The van der Waals surface area contributed by atoms with Crippen molar-refractivity contribution in [3.8, 4) is 22.6 Å². The first-order valence-electron chi connectivity index (χ1n) is 20.6. The van der Waals surface area contributed by atoms with Crippen LogP contribution in [0.15, 0.2) is 127 Å². The highest BCUT2D eigenvalue weighted by Gasteiger charge is 2.61. The molecule has 1 spiro atoms. The Bertz CT molecular complexity index is 2420. The van der Waals surface area contributed by atoms with E-state index in [1.807, 2.05) is 0 Å². The maximum absolute atomic E-state index is 7.05. The lowest BCUT2D eigenvalue weighted by atomic mass is 9.42. The molecule has 6 aliphatic rings. The van der Waals surface area contributed by atoms with Crippen molar-refractivity contribution in [3.63, 3.8) is 0 Å². The lowest BCUT2D eigenvalue weighted by Crippen LogP contribution is -2.56. The average molecular weight is 706 g/mol. The molecule has 4 saturated carbocycles. The maximum atomic E-state index is 7.05. The first-order chi connectivity index (χ1) is 26.2. The van der Waals surface area contributed by atoms with Crippen molar-refractivity contribution in [2.75, 3.05) is 4.90 Å². The zero-order valence-electron chi connectivity index (χ0n) is 32.2. The predicted octanol–water partition coefficient (Wildman–Crippen LogP) is 14.2. The third-order valence-corrected chi connectivity index (χ3v) is 14.9. The second kappa shape index (κ2) is 11.6. The summed E-state index contributed by atoms with van der Waals surface area (Å²) in [7, 11) is 0. The minimum absolute atomic E-state index is 0.0384. The average Bonchev–Trinajstić information content (AvgIpc) is 3.18. The summed E-state index contributed by atoms with van der Waals surface area (Å²) in [5, 5.41) is 2.56. The number of benzene rings is 6. The second-order valence-corrected chi connectivity index (χ2v) is 18.8. The van der Waals surface area contributed by atoms with Crippen LogP contribution < -0.4 is 9.64 Å². The standard InChI is InChI=1S/C52H51NO/c1-50(2)25-26-51(3,4)49-45(50)16-10-17-46(49)53(39-21-19-36(20-22-39)42-14-9-12-35-11-5-6-13-41(35)42)40-23-24-44-48(32-40)54-47-18-8-7-15-43(47)52(44)37-28-33-27-34(30-37)31-38(52)29-33/h5-24,32-34,37-38H,25-31H2,1-4H3. The monoisotopic (exact) mass is 705 g/mol. The third-order valence-electron chi connectivity index (χ3n) is 14.9. The molecule has 0 aromatic heterocycles. The molecule has 6 aromatic rings. The van der Waals surface area contributed by atoms with Gasteiger partial charge in [0.25, 0.3) is 0 Å². The summed E-state index contributed by atoms with van der Waals surface area (Å²) in [6.07, 6.45) is 9.24. The van der Waals surface area contributed by atoms with Crippen LogP contribution in [0.5, 0.6) is 11.5 Å².